The number of nitrogens with zero attached hydrogens (tertiary/aromatic N) is 4. The SMILES string of the molecule is O=C(Cc1cccc(OC(F)(F)F)c1)Nc1ccc(CCCCc2nnc(C(=O)NCCO)s2)nn1. The number of amides is 2. The molecular formula is C22H23F3N6O4S. The lowest BCUT2D eigenvalue weighted by molar-refractivity contribution is -0.274. The van der Waals surface area contributed by atoms with Crippen LogP contribution in [0.3, 0.4) is 0 Å². The Balaban J connectivity index is 1.40. The van der Waals surface area contributed by atoms with Crippen molar-refractivity contribution in [3.05, 3.63) is 57.7 Å². The molecule has 2 heterocycles. The summed E-state index contributed by atoms with van der Waals surface area (Å²) in [5.41, 5.74) is 1.08. The van der Waals surface area contributed by atoms with E-state index in [9.17, 15) is 22.8 Å². The van der Waals surface area contributed by atoms with Crippen molar-refractivity contribution in [2.75, 3.05) is 18.5 Å². The van der Waals surface area contributed by atoms with Crippen LogP contribution in [0.5, 0.6) is 5.75 Å². The van der Waals surface area contributed by atoms with Crippen LogP contribution in [0.25, 0.3) is 0 Å². The predicted octanol–water partition coefficient (Wildman–Crippen LogP) is 2.70. The number of hydrogen-bond acceptors (Lipinski definition) is 9. The Bertz CT molecular complexity index is 1160. The first-order valence-corrected chi connectivity index (χ1v) is 11.7. The lowest BCUT2D eigenvalue weighted by Crippen LogP contribution is -2.26. The lowest BCUT2D eigenvalue weighted by Gasteiger charge is -2.10. The molecule has 0 spiro atoms. The molecule has 0 atom stereocenters. The Labute approximate surface area is 207 Å². The maximum absolute atomic E-state index is 12.4. The van der Waals surface area contributed by atoms with Gasteiger partial charge in [0.15, 0.2) is 5.82 Å². The van der Waals surface area contributed by atoms with E-state index >= 15 is 0 Å². The molecule has 14 heteroatoms. The number of aromatic nitrogens is 4. The molecule has 0 aliphatic heterocycles. The number of aliphatic hydroxyl groups is 1. The molecule has 0 fully saturated rings. The molecular weight excluding hydrogens is 501 g/mol. The smallest absolute Gasteiger partial charge is 0.406 e. The second kappa shape index (κ2) is 12.9. The minimum atomic E-state index is -4.81. The van der Waals surface area contributed by atoms with Crippen LogP contribution in [0.2, 0.25) is 0 Å². The fourth-order valence-electron chi connectivity index (χ4n) is 3.06. The quantitative estimate of drug-likeness (QED) is 0.308. The van der Waals surface area contributed by atoms with Crippen LogP contribution in [0.4, 0.5) is 19.0 Å². The zero-order chi connectivity index (χ0) is 26.0. The zero-order valence-corrected chi connectivity index (χ0v) is 19.7. The number of aryl methyl sites for hydroxylation is 2. The van der Waals surface area contributed by atoms with E-state index in [2.05, 4.69) is 35.8 Å². The molecule has 0 radical (unpaired) electrons. The van der Waals surface area contributed by atoms with Gasteiger partial charge in [0.1, 0.15) is 10.8 Å². The molecule has 0 aliphatic rings. The fraction of sp³-hybridized carbons (Fsp3) is 0.364. The van der Waals surface area contributed by atoms with E-state index in [-0.39, 0.29) is 36.3 Å². The van der Waals surface area contributed by atoms with E-state index in [4.69, 9.17) is 5.11 Å². The van der Waals surface area contributed by atoms with Crippen LogP contribution in [0.1, 0.15) is 38.9 Å². The molecule has 2 aromatic heterocycles. The highest BCUT2D eigenvalue weighted by molar-refractivity contribution is 7.13. The van der Waals surface area contributed by atoms with Gasteiger partial charge in [-0.3, -0.25) is 9.59 Å². The number of benzene rings is 1. The highest BCUT2D eigenvalue weighted by Crippen LogP contribution is 2.23. The largest absolute Gasteiger partial charge is 0.573 e. The van der Waals surface area contributed by atoms with Crippen LogP contribution in [0, 0.1) is 0 Å². The van der Waals surface area contributed by atoms with Crippen LogP contribution in [-0.2, 0) is 24.1 Å². The Hall–Kier alpha value is -3.65. The average Bonchev–Trinajstić information content (AvgIpc) is 3.29. The fourth-order valence-corrected chi connectivity index (χ4v) is 3.86. The number of carbonyl (C=O) groups excluding carboxylic acids is 2. The normalized spacial score (nSPS) is 11.2. The van der Waals surface area contributed by atoms with E-state index in [0.29, 0.717) is 18.4 Å². The first-order chi connectivity index (χ1) is 17.2. The highest BCUT2D eigenvalue weighted by Gasteiger charge is 2.31. The number of aliphatic hydroxyl groups excluding tert-OH is 1. The van der Waals surface area contributed by atoms with Crippen LogP contribution in [0.15, 0.2) is 36.4 Å². The second-order valence-electron chi connectivity index (χ2n) is 7.52. The van der Waals surface area contributed by atoms with E-state index in [1.54, 1.807) is 12.1 Å². The number of nitrogens with one attached hydrogen (secondary N) is 2. The second-order valence-corrected chi connectivity index (χ2v) is 8.58. The summed E-state index contributed by atoms with van der Waals surface area (Å²) >= 11 is 1.21. The van der Waals surface area contributed by atoms with Gasteiger partial charge in [0.2, 0.25) is 10.9 Å². The topological polar surface area (TPSA) is 139 Å². The highest BCUT2D eigenvalue weighted by atomic mass is 32.1. The van der Waals surface area contributed by atoms with Crippen molar-refractivity contribution in [3.8, 4) is 5.75 Å². The molecule has 2 amide bonds. The third-order valence-corrected chi connectivity index (χ3v) is 5.60. The van der Waals surface area contributed by atoms with Crippen molar-refractivity contribution >= 4 is 29.0 Å². The number of alkyl halides is 3. The summed E-state index contributed by atoms with van der Waals surface area (Å²) in [6.07, 6.45) is -2.07. The first-order valence-electron chi connectivity index (χ1n) is 10.9. The molecule has 3 N–H and O–H groups in total. The van der Waals surface area contributed by atoms with E-state index in [1.165, 1.54) is 23.5 Å². The summed E-state index contributed by atoms with van der Waals surface area (Å²) in [5.74, 6) is -0.985. The summed E-state index contributed by atoms with van der Waals surface area (Å²) in [6, 6.07) is 8.53. The minimum absolute atomic E-state index is 0.147. The Morgan fingerprint density at radius 2 is 1.83 bits per heavy atom. The molecule has 0 unspecified atom stereocenters. The zero-order valence-electron chi connectivity index (χ0n) is 18.9. The number of rotatable bonds is 12. The number of unbranched alkanes of at least 4 members (excludes halogenated alkanes) is 1. The van der Waals surface area contributed by atoms with Gasteiger partial charge in [0.25, 0.3) is 5.91 Å². The van der Waals surface area contributed by atoms with Gasteiger partial charge in [-0.05, 0) is 49.1 Å². The van der Waals surface area contributed by atoms with Crippen molar-refractivity contribution in [3.63, 3.8) is 0 Å². The molecule has 36 heavy (non-hydrogen) atoms. The van der Waals surface area contributed by atoms with Crippen LogP contribution in [-0.4, -0.2) is 56.8 Å². The van der Waals surface area contributed by atoms with E-state index in [1.807, 2.05) is 0 Å². The van der Waals surface area contributed by atoms with E-state index in [0.717, 1.165) is 35.7 Å². The van der Waals surface area contributed by atoms with E-state index < -0.39 is 18.0 Å². The molecule has 192 valence electrons. The molecule has 0 saturated heterocycles. The van der Waals surface area contributed by atoms with Crippen molar-refractivity contribution < 1.29 is 32.6 Å². The summed E-state index contributed by atoms with van der Waals surface area (Å²) < 4.78 is 40.9. The van der Waals surface area contributed by atoms with Gasteiger partial charge in [0, 0.05) is 13.0 Å². The number of anilines is 1. The minimum Gasteiger partial charge on any atom is -0.406 e. The molecule has 0 bridgehead atoms. The molecule has 3 rings (SSSR count). The predicted molar refractivity (Wildman–Crippen MR) is 123 cm³/mol. The van der Waals surface area contributed by atoms with Gasteiger partial charge < -0.3 is 20.5 Å². The molecule has 1 aromatic carbocycles. The van der Waals surface area contributed by atoms with Gasteiger partial charge in [-0.1, -0.05) is 23.5 Å². The summed E-state index contributed by atoms with van der Waals surface area (Å²) in [7, 11) is 0. The number of hydrogen-bond donors (Lipinski definition) is 3. The average molecular weight is 525 g/mol. The van der Waals surface area contributed by atoms with Gasteiger partial charge >= 0.3 is 6.36 Å². The third-order valence-electron chi connectivity index (χ3n) is 4.62. The monoisotopic (exact) mass is 524 g/mol. The van der Waals surface area contributed by atoms with Crippen molar-refractivity contribution in [1.29, 1.82) is 0 Å². The number of carbonyl (C=O) groups is 2. The molecule has 10 nitrogen and oxygen atoms in total. The maximum Gasteiger partial charge on any atom is 0.573 e. The summed E-state index contributed by atoms with van der Waals surface area (Å²) in [4.78, 5) is 24.0. The van der Waals surface area contributed by atoms with Gasteiger partial charge in [-0.15, -0.1) is 28.5 Å². The molecule has 0 saturated carbocycles. The van der Waals surface area contributed by atoms with Crippen molar-refractivity contribution in [2.45, 2.75) is 38.5 Å². The summed E-state index contributed by atoms with van der Waals surface area (Å²) in [5, 5.41) is 30.7. The number of ether oxygens (including phenoxy) is 1. The standard InChI is InChI=1S/C22H23F3N6O4S/c23-22(24,25)35-16-6-3-4-14(12-16)13-18(33)27-17-9-8-15(28-29-17)5-1-2-7-19-30-31-21(36-19)20(34)26-10-11-32/h3-4,6,8-9,12,32H,1-2,5,7,10-11,13H2,(H,26,34)(H,27,29,33). The molecule has 3 aromatic rings. The number of halogens is 3. The Morgan fingerprint density at radius 3 is 2.56 bits per heavy atom. The Morgan fingerprint density at radius 1 is 1.03 bits per heavy atom. The van der Waals surface area contributed by atoms with Crippen molar-refractivity contribution in [1.82, 2.24) is 25.7 Å². The van der Waals surface area contributed by atoms with Gasteiger partial charge in [0.05, 0.1) is 18.7 Å². The lowest BCUT2D eigenvalue weighted by atomic mass is 10.1. The van der Waals surface area contributed by atoms with Gasteiger partial charge in [-0.2, -0.15) is 5.10 Å². The first kappa shape index (κ1) is 26.9. The molecule has 0 aliphatic carbocycles. The third kappa shape index (κ3) is 9.19. The van der Waals surface area contributed by atoms with Crippen molar-refractivity contribution in [2.24, 2.45) is 0 Å². The van der Waals surface area contributed by atoms with Crippen LogP contribution < -0.4 is 15.4 Å². The maximum atomic E-state index is 12.4. The van der Waals surface area contributed by atoms with Gasteiger partial charge in [-0.25, -0.2) is 0 Å². The summed E-state index contributed by atoms with van der Waals surface area (Å²) in [6.45, 7) is 0.0121. The Kier molecular flexibility index (Phi) is 9.64. The van der Waals surface area contributed by atoms with Crippen LogP contribution >= 0.6 is 11.3 Å².